The summed E-state index contributed by atoms with van der Waals surface area (Å²) in [5, 5.41) is 7.22. The number of hydrogen-bond donors (Lipinski definition) is 2. The zero-order valence-electron chi connectivity index (χ0n) is 11.0. The molecule has 0 unspecified atom stereocenters. The van der Waals surface area contributed by atoms with E-state index in [1.807, 2.05) is 18.2 Å². The van der Waals surface area contributed by atoms with Gasteiger partial charge < -0.3 is 15.6 Å². The first kappa shape index (κ1) is 13.1. The van der Waals surface area contributed by atoms with E-state index in [-0.39, 0.29) is 18.0 Å². The molecule has 3 N–H and O–H groups in total. The third-order valence-electron chi connectivity index (χ3n) is 3.07. The molecule has 5 nitrogen and oxygen atoms in total. The molecule has 0 spiro atoms. The summed E-state index contributed by atoms with van der Waals surface area (Å²) in [5.41, 5.74) is 7.37. The van der Waals surface area contributed by atoms with Crippen LogP contribution >= 0.6 is 0 Å². The average molecular weight is 285 g/mol. The van der Waals surface area contributed by atoms with E-state index in [1.165, 1.54) is 18.2 Å². The normalized spacial score (nSPS) is 10.7. The minimum Gasteiger partial charge on any atom is -0.397 e. The summed E-state index contributed by atoms with van der Waals surface area (Å²) >= 11 is 0. The highest BCUT2D eigenvalue weighted by Gasteiger charge is 2.13. The van der Waals surface area contributed by atoms with Crippen LogP contribution in [0.2, 0.25) is 0 Å². The predicted molar refractivity (Wildman–Crippen MR) is 77.2 cm³/mol. The van der Waals surface area contributed by atoms with Crippen LogP contribution in [0.4, 0.5) is 15.8 Å². The maximum Gasteiger partial charge on any atom is 0.230 e. The molecule has 0 aliphatic carbocycles. The van der Waals surface area contributed by atoms with E-state index in [0.717, 1.165) is 5.39 Å². The molecule has 3 rings (SSSR count). The van der Waals surface area contributed by atoms with Crippen LogP contribution in [0, 0.1) is 5.82 Å². The van der Waals surface area contributed by atoms with E-state index in [2.05, 4.69) is 10.5 Å². The van der Waals surface area contributed by atoms with Gasteiger partial charge in [-0.15, -0.1) is 0 Å². The molecule has 2 aromatic carbocycles. The van der Waals surface area contributed by atoms with Crippen molar-refractivity contribution in [1.82, 2.24) is 5.16 Å². The van der Waals surface area contributed by atoms with E-state index in [1.54, 1.807) is 6.07 Å². The zero-order valence-corrected chi connectivity index (χ0v) is 11.0. The Kier molecular flexibility index (Phi) is 3.27. The largest absolute Gasteiger partial charge is 0.397 e. The third-order valence-corrected chi connectivity index (χ3v) is 3.07. The van der Waals surface area contributed by atoms with Gasteiger partial charge in [-0.3, -0.25) is 4.79 Å². The zero-order chi connectivity index (χ0) is 14.8. The number of fused-ring (bicyclic) bond motifs is 1. The number of halogens is 1. The fraction of sp³-hybridized carbons (Fsp3) is 0.0667. The van der Waals surface area contributed by atoms with Crippen molar-refractivity contribution in [3.05, 3.63) is 54.0 Å². The van der Waals surface area contributed by atoms with Gasteiger partial charge in [0.05, 0.1) is 17.8 Å². The van der Waals surface area contributed by atoms with Gasteiger partial charge in [0, 0.05) is 5.39 Å². The van der Waals surface area contributed by atoms with Gasteiger partial charge in [0.2, 0.25) is 5.91 Å². The first-order chi connectivity index (χ1) is 10.1. The van der Waals surface area contributed by atoms with E-state index in [9.17, 15) is 9.18 Å². The number of hydrogen-bond acceptors (Lipinski definition) is 4. The Hall–Kier alpha value is -2.89. The first-order valence-corrected chi connectivity index (χ1v) is 6.31. The summed E-state index contributed by atoms with van der Waals surface area (Å²) in [5.74, 6) is -0.808. The second kappa shape index (κ2) is 5.24. The number of nitrogen functional groups attached to an aromatic ring is 1. The SMILES string of the molecule is Nc1ccc(F)cc1NC(=O)Cc1noc2ccccc12. The van der Waals surface area contributed by atoms with Gasteiger partial charge in [0.1, 0.15) is 11.5 Å². The number of carbonyl (C=O) groups excluding carboxylic acids is 1. The number of para-hydroxylation sites is 1. The third kappa shape index (κ3) is 2.69. The van der Waals surface area contributed by atoms with Crippen molar-refractivity contribution in [2.45, 2.75) is 6.42 Å². The Balaban J connectivity index is 1.79. The summed E-state index contributed by atoms with van der Waals surface area (Å²) in [6, 6.07) is 11.1. The van der Waals surface area contributed by atoms with Crippen LogP contribution in [0.25, 0.3) is 11.0 Å². The van der Waals surface area contributed by atoms with E-state index in [4.69, 9.17) is 10.3 Å². The number of nitrogens with zero attached hydrogens (tertiary/aromatic N) is 1. The Morgan fingerprint density at radius 3 is 2.95 bits per heavy atom. The Morgan fingerprint density at radius 1 is 1.29 bits per heavy atom. The smallest absolute Gasteiger partial charge is 0.230 e. The van der Waals surface area contributed by atoms with Crippen LogP contribution in [0.15, 0.2) is 47.0 Å². The Labute approximate surface area is 119 Å². The molecule has 3 aromatic rings. The Morgan fingerprint density at radius 2 is 2.10 bits per heavy atom. The molecule has 0 atom stereocenters. The second-order valence-electron chi connectivity index (χ2n) is 4.58. The molecule has 1 amide bonds. The number of anilines is 2. The molecule has 0 radical (unpaired) electrons. The number of nitrogens with two attached hydrogens (primary N) is 1. The number of carbonyl (C=O) groups is 1. The molecule has 0 bridgehead atoms. The molecule has 6 heteroatoms. The van der Waals surface area contributed by atoms with E-state index < -0.39 is 5.82 Å². The van der Waals surface area contributed by atoms with Crippen molar-refractivity contribution < 1.29 is 13.7 Å². The lowest BCUT2D eigenvalue weighted by Gasteiger charge is -2.07. The lowest BCUT2D eigenvalue weighted by Crippen LogP contribution is -2.16. The molecule has 1 aromatic heterocycles. The van der Waals surface area contributed by atoms with Gasteiger partial charge in [0.15, 0.2) is 5.58 Å². The van der Waals surface area contributed by atoms with Crippen LogP contribution in [0.5, 0.6) is 0 Å². The van der Waals surface area contributed by atoms with Crippen molar-refractivity contribution in [1.29, 1.82) is 0 Å². The molecule has 0 aliphatic heterocycles. The van der Waals surface area contributed by atoms with Crippen LogP contribution in [0.1, 0.15) is 5.69 Å². The maximum absolute atomic E-state index is 13.1. The number of benzene rings is 2. The monoisotopic (exact) mass is 285 g/mol. The lowest BCUT2D eigenvalue weighted by atomic mass is 10.1. The van der Waals surface area contributed by atoms with Gasteiger partial charge in [-0.25, -0.2) is 4.39 Å². The minimum atomic E-state index is -0.466. The highest BCUT2D eigenvalue weighted by atomic mass is 19.1. The Bertz CT molecular complexity index is 814. The van der Waals surface area contributed by atoms with Gasteiger partial charge >= 0.3 is 0 Å². The predicted octanol–water partition coefficient (Wildman–Crippen LogP) is 2.73. The lowest BCUT2D eigenvalue weighted by molar-refractivity contribution is -0.115. The van der Waals surface area contributed by atoms with Crippen LogP contribution in [-0.4, -0.2) is 11.1 Å². The fourth-order valence-electron chi connectivity index (χ4n) is 2.05. The highest BCUT2D eigenvalue weighted by molar-refractivity contribution is 5.96. The van der Waals surface area contributed by atoms with Gasteiger partial charge in [-0.1, -0.05) is 17.3 Å². The number of rotatable bonds is 3. The molecule has 21 heavy (non-hydrogen) atoms. The quantitative estimate of drug-likeness (QED) is 0.725. The summed E-state index contributed by atoms with van der Waals surface area (Å²) in [7, 11) is 0. The second-order valence-corrected chi connectivity index (χ2v) is 4.58. The van der Waals surface area contributed by atoms with Gasteiger partial charge in [-0.05, 0) is 30.3 Å². The topological polar surface area (TPSA) is 81.1 Å². The number of aromatic nitrogens is 1. The average Bonchev–Trinajstić information content (AvgIpc) is 2.86. The molecule has 0 aliphatic rings. The summed E-state index contributed by atoms with van der Waals surface area (Å²) < 4.78 is 18.3. The van der Waals surface area contributed by atoms with Crippen molar-refractivity contribution in [3.8, 4) is 0 Å². The van der Waals surface area contributed by atoms with Crippen LogP contribution < -0.4 is 11.1 Å². The van der Waals surface area contributed by atoms with Crippen molar-refractivity contribution >= 4 is 28.3 Å². The molecular formula is C15H12FN3O2. The number of amides is 1. The van der Waals surface area contributed by atoms with Crippen molar-refractivity contribution in [3.63, 3.8) is 0 Å². The molecule has 0 saturated heterocycles. The summed E-state index contributed by atoms with van der Waals surface area (Å²) in [6.45, 7) is 0. The maximum atomic E-state index is 13.1. The first-order valence-electron chi connectivity index (χ1n) is 6.31. The number of nitrogens with one attached hydrogen (secondary N) is 1. The standard InChI is InChI=1S/C15H12FN3O2/c16-9-5-6-11(17)13(7-9)18-15(20)8-12-10-3-1-2-4-14(10)21-19-12/h1-7H,8,17H2,(H,18,20). The van der Waals surface area contributed by atoms with Crippen LogP contribution in [-0.2, 0) is 11.2 Å². The van der Waals surface area contributed by atoms with Crippen LogP contribution in [0.3, 0.4) is 0 Å². The van der Waals surface area contributed by atoms with E-state index >= 15 is 0 Å². The molecule has 1 heterocycles. The van der Waals surface area contributed by atoms with Crippen molar-refractivity contribution in [2.24, 2.45) is 0 Å². The fourth-order valence-corrected chi connectivity index (χ4v) is 2.05. The highest BCUT2D eigenvalue weighted by Crippen LogP contribution is 2.21. The summed E-state index contributed by atoms with van der Waals surface area (Å²) in [4.78, 5) is 12.0. The van der Waals surface area contributed by atoms with Gasteiger partial charge in [0.25, 0.3) is 0 Å². The van der Waals surface area contributed by atoms with Crippen molar-refractivity contribution in [2.75, 3.05) is 11.1 Å². The molecule has 106 valence electrons. The minimum absolute atomic E-state index is 0.0208. The molecule has 0 fully saturated rings. The van der Waals surface area contributed by atoms with E-state index in [0.29, 0.717) is 17.0 Å². The summed E-state index contributed by atoms with van der Waals surface area (Å²) in [6.07, 6.45) is 0.0208. The van der Waals surface area contributed by atoms with Gasteiger partial charge in [-0.2, -0.15) is 0 Å². The molecular weight excluding hydrogens is 273 g/mol. The molecule has 0 saturated carbocycles.